The van der Waals surface area contributed by atoms with Crippen LogP contribution in [-0.4, -0.2) is 43.3 Å². The molecule has 0 aromatic carbocycles. The molecule has 1 amide bonds. The molecule has 8 nitrogen and oxygen atoms in total. The maximum Gasteiger partial charge on any atom is 0.262 e. The molecular weight excluding hydrogens is 391 g/mol. The number of hydrogen-bond acceptors (Lipinski definition) is 6. The van der Waals surface area contributed by atoms with Gasteiger partial charge in [-0.05, 0) is 31.7 Å². The second-order valence-corrected chi connectivity index (χ2v) is 8.55. The van der Waals surface area contributed by atoms with Gasteiger partial charge in [0, 0.05) is 38.1 Å². The van der Waals surface area contributed by atoms with E-state index in [1.54, 1.807) is 0 Å². The molecule has 1 fully saturated rings. The number of ether oxygens (including phenoxy) is 1. The zero-order valence-electron chi connectivity index (χ0n) is 16.7. The lowest BCUT2D eigenvalue weighted by Crippen LogP contribution is -2.43. The summed E-state index contributed by atoms with van der Waals surface area (Å²) in [6.45, 7) is 5.84. The van der Waals surface area contributed by atoms with Crippen LogP contribution in [0.3, 0.4) is 0 Å². The Bertz CT molecular complexity index is 803. The topological polar surface area (TPSA) is 104 Å². The molecule has 1 N–H and O–H groups in total. The maximum absolute atomic E-state index is 13.6. The van der Waals surface area contributed by atoms with Crippen LogP contribution >= 0.6 is 0 Å². The van der Waals surface area contributed by atoms with Gasteiger partial charge in [0.15, 0.2) is 16.1 Å². The van der Waals surface area contributed by atoms with Crippen LogP contribution < -0.4 is 11.0 Å². The van der Waals surface area contributed by atoms with Gasteiger partial charge in [0.2, 0.25) is 0 Å². The van der Waals surface area contributed by atoms with Crippen molar-refractivity contribution in [2.45, 2.75) is 64.5 Å². The fourth-order valence-corrected chi connectivity index (χ4v) is 3.57. The summed E-state index contributed by atoms with van der Waals surface area (Å²) in [6, 6.07) is 1.12. The number of aryl methyl sites for hydroxylation is 2. The Morgan fingerprint density at radius 1 is 1.43 bits per heavy atom. The predicted octanol–water partition coefficient (Wildman–Crippen LogP) is 1.70. The number of carbonyl (C=O) groups is 1. The number of hydroxylamine groups is 1. The van der Waals surface area contributed by atoms with E-state index in [2.05, 4.69) is 5.48 Å². The largest absolute Gasteiger partial charge is 0.350 e. The molecule has 0 aliphatic carbocycles. The Morgan fingerprint density at radius 3 is 2.68 bits per heavy atom. The molecule has 0 bridgehead atoms. The molecule has 2 unspecified atom stereocenters. The van der Waals surface area contributed by atoms with Crippen molar-refractivity contribution in [2.24, 2.45) is 0 Å². The molecule has 0 spiro atoms. The summed E-state index contributed by atoms with van der Waals surface area (Å²) in [5.41, 5.74) is 1.86. The molecule has 0 radical (unpaired) electrons. The molecule has 1 aromatic heterocycles. The number of pyridine rings is 1. The lowest BCUT2D eigenvalue weighted by atomic mass is 10.2. The molecular formula is C18H29FN2O6S. The first-order valence-electron chi connectivity index (χ1n) is 9.31. The molecule has 2 rings (SSSR count). The van der Waals surface area contributed by atoms with Crippen LogP contribution in [0.5, 0.6) is 0 Å². The van der Waals surface area contributed by atoms with Crippen LogP contribution in [0.15, 0.2) is 17.1 Å². The van der Waals surface area contributed by atoms with Crippen molar-refractivity contribution in [3.8, 4) is 0 Å². The predicted molar refractivity (Wildman–Crippen MR) is 103 cm³/mol. The number of aromatic nitrogens is 1. The number of hydrogen-bond donors (Lipinski definition) is 1. The van der Waals surface area contributed by atoms with E-state index in [1.807, 2.05) is 13.8 Å². The molecule has 0 saturated carbocycles. The molecule has 10 heteroatoms. The number of amides is 1. The number of halogens is 1. The highest BCUT2D eigenvalue weighted by Gasteiger charge is 2.30. The van der Waals surface area contributed by atoms with Crippen molar-refractivity contribution in [3.05, 3.63) is 34.0 Å². The highest BCUT2D eigenvalue weighted by molar-refractivity contribution is 7.92. The van der Waals surface area contributed by atoms with Crippen LogP contribution in [0.1, 0.15) is 45.1 Å². The van der Waals surface area contributed by atoms with Crippen LogP contribution in [0.4, 0.5) is 4.39 Å². The van der Waals surface area contributed by atoms with Gasteiger partial charge in [0.1, 0.15) is 11.1 Å². The quantitative estimate of drug-likeness (QED) is 0.674. The average molecular weight is 421 g/mol. The Morgan fingerprint density at radius 2 is 2.11 bits per heavy atom. The fourth-order valence-electron chi connectivity index (χ4n) is 2.60. The van der Waals surface area contributed by atoms with Crippen molar-refractivity contribution in [2.75, 3.05) is 12.9 Å². The maximum atomic E-state index is 13.6. The van der Waals surface area contributed by atoms with E-state index >= 15 is 0 Å². The number of carbonyl (C=O) groups excluding carboxylic acids is 1. The van der Waals surface area contributed by atoms with E-state index in [0.29, 0.717) is 13.0 Å². The van der Waals surface area contributed by atoms with Crippen LogP contribution in [0.25, 0.3) is 0 Å². The lowest BCUT2D eigenvalue weighted by molar-refractivity contribution is -0.200. The summed E-state index contributed by atoms with van der Waals surface area (Å²) in [5.74, 6) is -1.43. The highest BCUT2D eigenvalue weighted by atomic mass is 32.2. The zero-order valence-corrected chi connectivity index (χ0v) is 17.6. The Labute approximate surface area is 164 Å². The number of nitrogens with one attached hydrogen (secondary N) is 1. The number of rotatable bonds is 7. The van der Waals surface area contributed by atoms with Gasteiger partial charge >= 0.3 is 0 Å². The first-order chi connectivity index (χ1) is 13.2. The van der Waals surface area contributed by atoms with E-state index in [1.165, 1.54) is 6.92 Å². The smallest absolute Gasteiger partial charge is 0.262 e. The monoisotopic (exact) mass is 420 g/mol. The molecule has 28 heavy (non-hydrogen) atoms. The highest BCUT2D eigenvalue weighted by Crippen LogP contribution is 2.13. The minimum absolute atomic E-state index is 0.124. The minimum Gasteiger partial charge on any atom is -0.350 e. The van der Waals surface area contributed by atoms with Gasteiger partial charge in [-0.15, -0.1) is 0 Å². The second-order valence-electron chi connectivity index (χ2n) is 6.32. The van der Waals surface area contributed by atoms with E-state index in [4.69, 9.17) is 9.57 Å². The van der Waals surface area contributed by atoms with Crippen molar-refractivity contribution in [3.63, 3.8) is 0 Å². The Balaban J connectivity index is 0.00000190. The third-order valence-corrected chi connectivity index (χ3v) is 5.62. The third kappa shape index (κ3) is 7.33. The molecule has 1 aliphatic rings. The van der Waals surface area contributed by atoms with Crippen molar-refractivity contribution in [1.29, 1.82) is 0 Å². The van der Waals surface area contributed by atoms with Gasteiger partial charge in [-0.1, -0.05) is 13.8 Å². The van der Waals surface area contributed by atoms with E-state index in [0.717, 1.165) is 35.9 Å². The SMILES string of the molecule is CC.Cc1cc(=O)n(CCC(C(=O)NOC2CCCCO2)S(C)(=O)=O)cc1F. The lowest BCUT2D eigenvalue weighted by Gasteiger charge is -2.23. The normalized spacial score (nSPS) is 18.0. The summed E-state index contributed by atoms with van der Waals surface area (Å²) in [5, 5.41) is -1.43. The molecule has 160 valence electrons. The van der Waals surface area contributed by atoms with Crippen LogP contribution in [-0.2, 0) is 30.8 Å². The summed E-state index contributed by atoms with van der Waals surface area (Å²) in [6.07, 6.45) is 3.51. The van der Waals surface area contributed by atoms with Crippen molar-refractivity contribution in [1.82, 2.24) is 10.0 Å². The summed E-state index contributed by atoms with van der Waals surface area (Å²) in [7, 11) is -3.76. The summed E-state index contributed by atoms with van der Waals surface area (Å²) < 4.78 is 43.8. The van der Waals surface area contributed by atoms with Gasteiger partial charge in [0.25, 0.3) is 11.5 Å². The fraction of sp³-hybridized carbons (Fsp3) is 0.667. The van der Waals surface area contributed by atoms with Crippen LogP contribution in [0, 0.1) is 12.7 Å². The molecule has 2 heterocycles. The minimum atomic E-state index is -3.76. The standard InChI is InChI=1S/C16H23FN2O6S.C2H6/c1-11-9-14(20)19(10-12(11)17)7-6-13(26(2,22)23)16(21)18-25-15-5-3-4-8-24-15;1-2/h9-10,13,15H,3-8H2,1-2H3,(H,18,21);1-2H3. The third-order valence-electron chi connectivity index (χ3n) is 4.14. The van der Waals surface area contributed by atoms with Crippen LogP contribution in [0.2, 0.25) is 0 Å². The molecule has 1 aromatic rings. The van der Waals surface area contributed by atoms with E-state index in [-0.39, 0.29) is 18.5 Å². The second kappa shape index (κ2) is 11.3. The number of nitrogens with zero attached hydrogens (tertiary/aromatic N) is 1. The van der Waals surface area contributed by atoms with Gasteiger partial charge in [0.05, 0.1) is 0 Å². The number of sulfone groups is 1. The van der Waals surface area contributed by atoms with Gasteiger partial charge < -0.3 is 9.30 Å². The summed E-state index contributed by atoms with van der Waals surface area (Å²) in [4.78, 5) is 29.2. The first kappa shape index (κ1) is 24.3. The zero-order chi connectivity index (χ0) is 21.3. The van der Waals surface area contributed by atoms with E-state index in [9.17, 15) is 22.4 Å². The van der Waals surface area contributed by atoms with Gasteiger partial charge in [-0.2, -0.15) is 0 Å². The van der Waals surface area contributed by atoms with E-state index < -0.39 is 38.7 Å². The first-order valence-corrected chi connectivity index (χ1v) is 11.3. The Hall–Kier alpha value is -1.78. The average Bonchev–Trinajstić information content (AvgIpc) is 2.65. The molecule has 1 saturated heterocycles. The summed E-state index contributed by atoms with van der Waals surface area (Å²) >= 11 is 0. The molecule has 1 aliphatic heterocycles. The van der Waals surface area contributed by atoms with Crippen molar-refractivity contribution >= 4 is 15.7 Å². The van der Waals surface area contributed by atoms with Gasteiger partial charge in [-0.25, -0.2) is 23.1 Å². The van der Waals surface area contributed by atoms with Crippen molar-refractivity contribution < 1.29 is 27.2 Å². The van der Waals surface area contributed by atoms with Gasteiger partial charge in [-0.3, -0.25) is 9.59 Å². The Kier molecular flexibility index (Phi) is 9.77. The molecule has 2 atom stereocenters.